The topological polar surface area (TPSA) is 92.3 Å². The number of sulfonamides is 1. The molecule has 1 saturated carbocycles. The number of carbonyl (C=O) groups is 2. The lowest BCUT2D eigenvalue weighted by Crippen LogP contribution is -2.34. The molecule has 2 N–H and O–H groups in total. The van der Waals surface area contributed by atoms with Gasteiger partial charge >= 0.3 is 0 Å². The number of hydrogen-bond donors (Lipinski definition) is 2. The molecule has 1 aliphatic rings. The van der Waals surface area contributed by atoms with Crippen molar-refractivity contribution in [1.82, 2.24) is 10.0 Å². The summed E-state index contributed by atoms with van der Waals surface area (Å²) in [5, 5.41) is 4.70. The first-order valence-electron chi connectivity index (χ1n) is 6.60. The van der Waals surface area contributed by atoms with Crippen LogP contribution in [0.15, 0.2) is 11.4 Å². The molecule has 1 fully saturated rings. The summed E-state index contributed by atoms with van der Waals surface area (Å²) in [4.78, 5) is 24.5. The molecule has 2 rings (SSSR count). The second-order valence-electron chi connectivity index (χ2n) is 5.25. The van der Waals surface area contributed by atoms with Crippen LogP contribution in [0.2, 0.25) is 0 Å². The number of hydrogen-bond acceptors (Lipinski definition) is 5. The highest BCUT2D eigenvalue weighted by Crippen LogP contribution is 2.50. The van der Waals surface area contributed by atoms with Crippen molar-refractivity contribution in [3.8, 4) is 0 Å². The van der Waals surface area contributed by atoms with E-state index in [0.29, 0.717) is 0 Å². The molecule has 0 aliphatic heterocycles. The van der Waals surface area contributed by atoms with E-state index < -0.39 is 15.9 Å². The molecule has 2 amide bonds. The summed E-state index contributed by atoms with van der Waals surface area (Å²) in [7, 11) is -3.53. The summed E-state index contributed by atoms with van der Waals surface area (Å²) in [6.07, 6.45) is 1.71. The van der Waals surface area contributed by atoms with Gasteiger partial charge in [-0.05, 0) is 30.4 Å². The highest BCUT2D eigenvalue weighted by atomic mass is 32.2. The van der Waals surface area contributed by atoms with E-state index in [1.165, 1.54) is 10.4 Å². The van der Waals surface area contributed by atoms with Gasteiger partial charge in [-0.15, -0.1) is 11.3 Å². The second kappa shape index (κ2) is 6.15. The van der Waals surface area contributed by atoms with Gasteiger partial charge in [-0.25, -0.2) is 8.42 Å². The number of rotatable bonds is 6. The van der Waals surface area contributed by atoms with Crippen molar-refractivity contribution in [3.63, 3.8) is 0 Å². The van der Waals surface area contributed by atoms with Crippen molar-refractivity contribution in [1.29, 1.82) is 0 Å². The fourth-order valence-corrected chi connectivity index (χ4v) is 3.85. The number of aryl methyl sites for hydroxylation is 1. The molecular weight excluding hydrogens is 312 g/mol. The Morgan fingerprint density at radius 3 is 2.71 bits per heavy atom. The van der Waals surface area contributed by atoms with Crippen LogP contribution in [-0.2, 0) is 19.6 Å². The van der Waals surface area contributed by atoms with E-state index in [9.17, 15) is 18.0 Å². The van der Waals surface area contributed by atoms with Gasteiger partial charge in [0.1, 0.15) is 0 Å². The third-order valence-electron chi connectivity index (χ3n) is 3.32. The smallest absolute Gasteiger partial charge is 0.235 e. The summed E-state index contributed by atoms with van der Waals surface area (Å²) >= 11 is 1.67. The zero-order valence-electron chi connectivity index (χ0n) is 11.9. The van der Waals surface area contributed by atoms with Crippen molar-refractivity contribution in [2.24, 2.45) is 5.92 Å². The molecule has 0 spiro atoms. The Labute approximate surface area is 128 Å². The fourth-order valence-electron chi connectivity index (χ4n) is 2.23. The third kappa shape index (κ3) is 4.53. The van der Waals surface area contributed by atoms with E-state index in [4.69, 9.17) is 0 Å². The maximum Gasteiger partial charge on any atom is 0.235 e. The fraction of sp³-hybridized carbons (Fsp3) is 0.538. The molecule has 8 heteroatoms. The van der Waals surface area contributed by atoms with Gasteiger partial charge in [-0.2, -0.15) is 0 Å². The van der Waals surface area contributed by atoms with Crippen LogP contribution < -0.4 is 10.0 Å². The number of amides is 2. The maximum atomic E-state index is 11.9. The Balaban J connectivity index is 1.72. The van der Waals surface area contributed by atoms with Gasteiger partial charge in [0.2, 0.25) is 21.8 Å². The zero-order chi connectivity index (χ0) is 15.6. The Bertz CT molecular complexity index is 651. The molecule has 0 aromatic carbocycles. The molecule has 0 saturated heterocycles. The van der Waals surface area contributed by atoms with Crippen molar-refractivity contribution in [3.05, 3.63) is 21.9 Å². The SMILES string of the molecule is Cc1ccsc1[C@@H]1C[C@@H]1C(=O)NCCC(=O)NS(C)(=O)=O. The van der Waals surface area contributed by atoms with E-state index in [1.807, 2.05) is 23.1 Å². The molecule has 6 nitrogen and oxygen atoms in total. The van der Waals surface area contributed by atoms with Crippen LogP contribution >= 0.6 is 11.3 Å². The molecular formula is C13H18N2O4S2. The van der Waals surface area contributed by atoms with Gasteiger partial charge in [0.15, 0.2) is 0 Å². The lowest BCUT2D eigenvalue weighted by molar-refractivity contribution is -0.122. The quantitative estimate of drug-likeness (QED) is 0.805. The predicted octanol–water partition coefficient (Wildman–Crippen LogP) is 0.742. The molecule has 1 aromatic heterocycles. The summed E-state index contributed by atoms with van der Waals surface area (Å²) in [5.74, 6) is -0.422. The number of nitrogens with one attached hydrogen (secondary N) is 2. The van der Waals surface area contributed by atoms with E-state index in [-0.39, 0.29) is 30.7 Å². The average Bonchev–Trinajstić information content (AvgIpc) is 3.02. The largest absolute Gasteiger partial charge is 0.355 e. The summed E-state index contributed by atoms with van der Waals surface area (Å²) < 4.78 is 23.6. The van der Waals surface area contributed by atoms with Crippen molar-refractivity contribution >= 4 is 33.2 Å². The van der Waals surface area contributed by atoms with Gasteiger partial charge in [-0.1, -0.05) is 0 Å². The Kier molecular flexibility index (Phi) is 4.67. The van der Waals surface area contributed by atoms with Crippen LogP contribution in [0.25, 0.3) is 0 Å². The molecule has 0 radical (unpaired) electrons. The Hall–Kier alpha value is -1.41. The predicted molar refractivity (Wildman–Crippen MR) is 80.5 cm³/mol. The first-order chi connectivity index (χ1) is 9.78. The lowest BCUT2D eigenvalue weighted by Gasteiger charge is -2.05. The minimum atomic E-state index is -3.53. The number of thiophene rings is 1. The van der Waals surface area contributed by atoms with Crippen LogP contribution in [0.5, 0.6) is 0 Å². The minimum absolute atomic E-state index is 0.0275. The molecule has 21 heavy (non-hydrogen) atoms. The van der Waals surface area contributed by atoms with E-state index in [0.717, 1.165) is 12.7 Å². The van der Waals surface area contributed by atoms with Crippen LogP contribution in [0.3, 0.4) is 0 Å². The highest BCUT2D eigenvalue weighted by molar-refractivity contribution is 7.89. The Morgan fingerprint density at radius 2 is 2.14 bits per heavy atom. The van der Waals surface area contributed by atoms with Crippen molar-refractivity contribution in [2.45, 2.75) is 25.7 Å². The normalized spacial score (nSPS) is 20.9. The zero-order valence-corrected chi connectivity index (χ0v) is 13.5. The highest BCUT2D eigenvalue weighted by Gasteiger charge is 2.45. The molecule has 2 atom stereocenters. The van der Waals surface area contributed by atoms with Gasteiger partial charge in [0.25, 0.3) is 0 Å². The van der Waals surface area contributed by atoms with E-state index >= 15 is 0 Å². The third-order valence-corrected chi connectivity index (χ3v) is 5.07. The molecule has 116 valence electrons. The van der Waals surface area contributed by atoms with Crippen LogP contribution in [0.4, 0.5) is 0 Å². The summed E-state index contributed by atoms with van der Waals surface area (Å²) in [6, 6.07) is 2.04. The van der Waals surface area contributed by atoms with Crippen LogP contribution in [0.1, 0.15) is 29.2 Å². The molecule has 1 heterocycles. The molecule has 1 aliphatic carbocycles. The molecule has 0 unspecified atom stereocenters. The van der Waals surface area contributed by atoms with Gasteiger partial charge in [-0.3, -0.25) is 14.3 Å². The first kappa shape index (κ1) is 16.0. The standard InChI is InChI=1S/C13H18N2O4S2/c1-8-4-6-20-12(8)9-7-10(9)13(17)14-5-3-11(16)15-21(2,18)19/h4,6,9-10H,3,5,7H2,1-2H3,(H,14,17)(H,15,16)/t9-,10+/m1/s1. The molecule has 1 aromatic rings. The summed E-state index contributed by atoms with van der Waals surface area (Å²) in [5.41, 5.74) is 1.22. The van der Waals surface area contributed by atoms with Crippen molar-refractivity contribution < 1.29 is 18.0 Å². The first-order valence-corrected chi connectivity index (χ1v) is 9.37. The van der Waals surface area contributed by atoms with Gasteiger partial charge in [0.05, 0.1) is 6.26 Å². The number of carbonyl (C=O) groups excluding carboxylic acids is 2. The molecule has 0 bridgehead atoms. The van der Waals surface area contributed by atoms with Crippen molar-refractivity contribution in [2.75, 3.05) is 12.8 Å². The Morgan fingerprint density at radius 1 is 1.43 bits per heavy atom. The lowest BCUT2D eigenvalue weighted by atomic mass is 10.2. The van der Waals surface area contributed by atoms with E-state index in [1.54, 1.807) is 11.3 Å². The van der Waals surface area contributed by atoms with Gasteiger partial charge in [0, 0.05) is 29.7 Å². The van der Waals surface area contributed by atoms with Crippen LogP contribution in [0, 0.1) is 12.8 Å². The van der Waals surface area contributed by atoms with Crippen LogP contribution in [-0.4, -0.2) is 33.0 Å². The average molecular weight is 330 g/mol. The summed E-state index contributed by atoms with van der Waals surface area (Å²) in [6.45, 7) is 2.18. The van der Waals surface area contributed by atoms with Gasteiger partial charge < -0.3 is 5.32 Å². The second-order valence-corrected chi connectivity index (χ2v) is 7.95. The monoisotopic (exact) mass is 330 g/mol. The maximum absolute atomic E-state index is 11.9. The minimum Gasteiger partial charge on any atom is -0.355 e. The van der Waals surface area contributed by atoms with E-state index in [2.05, 4.69) is 5.32 Å².